The maximum Gasteiger partial charge on any atom is 0.227 e. The number of anilines is 1. The molecule has 1 aliphatic rings. The number of aromatic nitrogens is 2. The van der Waals surface area contributed by atoms with Crippen molar-refractivity contribution < 1.29 is 9.53 Å². The molecular weight excluding hydrogens is 492 g/mol. The second-order valence-electron chi connectivity index (χ2n) is 8.60. The number of ether oxygens (including phenoxy) is 1. The van der Waals surface area contributed by atoms with E-state index in [1.807, 2.05) is 30.3 Å². The van der Waals surface area contributed by atoms with E-state index in [2.05, 4.69) is 73.2 Å². The Bertz CT molecular complexity index is 1280. The number of hydrogen-bond donors (Lipinski definition) is 1. The van der Waals surface area contributed by atoms with Gasteiger partial charge in [-0.25, -0.2) is 4.98 Å². The first-order chi connectivity index (χ1) is 16.6. The molecule has 1 amide bonds. The van der Waals surface area contributed by atoms with Crippen LogP contribution in [0.25, 0.3) is 16.7 Å². The number of benzene rings is 3. The summed E-state index contributed by atoms with van der Waals surface area (Å²) in [7, 11) is 1.63. The van der Waals surface area contributed by atoms with Crippen molar-refractivity contribution in [1.82, 2.24) is 14.5 Å². The van der Waals surface area contributed by atoms with E-state index in [1.54, 1.807) is 7.11 Å². The molecule has 5 rings (SSSR count). The number of methoxy groups -OCH3 is 1. The number of carbonyl (C=O) groups is 1. The van der Waals surface area contributed by atoms with Crippen molar-refractivity contribution in [2.45, 2.75) is 19.4 Å². The van der Waals surface area contributed by atoms with Crippen LogP contribution in [-0.2, 0) is 11.3 Å². The van der Waals surface area contributed by atoms with E-state index in [0.717, 1.165) is 70.9 Å². The van der Waals surface area contributed by atoms with Gasteiger partial charge in [-0.2, -0.15) is 0 Å². The number of carbonyl (C=O) groups excluding carboxylic acids is 1. The summed E-state index contributed by atoms with van der Waals surface area (Å²) in [6, 6.07) is 24.0. The Balaban J connectivity index is 1.26. The molecule has 3 aromatic carbocycles. The van der Waals surface area contributed by atoms with Gasteiger partial charge in [-0.15, -0.1) is 0 Å². The van der Waals surface area contributed by atoms with Crippen molar-refractivity contribution in [3.8, 4) is 11.4 Å². The minimum atomic E-state index is 0.0173. The molecule has 0 aliphatic carbocycles. The number of rotatable bonds is 6. The summed E-state index contributed by atoms with van der Waals surface area (Å²) < 4.78 is 8.48. The maximum absolute atomic E-state index is 12.8. The first-order valence-electron chi connectivity index (χ1n) is 11.5. The van der Waals surface area contributed by atoms with Crippen LogP contribution in [0.3, 0.4) is 0 Å². The number of imidazole rings is 1. The summed E-state index contributed by atoms with van der Waals surface area (Å²) in [6.07, 6.45) is 1.67. The Morgan fingerprint density at radius 1 is 1.03 bits per heavy atom. The predicted molar refractivity (Wildman–Crippen MR) is 138 cm³/mol. The van der Waals surface area contributed by atoms with E-state index in [0.29, 0.717) is 0 Å². The summed E-state index contributed by atoms with van der Waals surface area (Å²) in [5, 5.41) is 3.05. The van der Waals surface area contributed by atoms with Crippen molar-refractivity contribution >= 4 is 38.6 Å². The lowest BCUT2D eigenvalue weighted by molar-refractivity contribution is -0.121. The van der Waals surface area contributed by atoms with Crippen LogP contribution in [-0.4, -0.2) is 40.6 Å². The molecule has 0 radical (unpaired) electrons. The number of nitrogens with one attached hydrogen (secondary N) is 1. The minimum absolute atomic E-state index is 0.0173. The number of hydrogen-bond acceptors (Lipinski definition) is 4. The van der Waals surface area contributed by atoms with Crippen LogP contribution in [0.1, 0.15) is 18.7 Å². The van der Waals surface area contributed by atoms with E-state index >= 15 is 0 Å². The molecule has 1 saturated heterocycles. The average Bonchev–Trinajstić information content (AvgIpc) is 3.23. The van der Waals surface area contributed by atoms with Crippen LogP contribution in [0.2, 0.25) is 0 Å². The fraction of sp³-hybridized carbons (Fsp3) is 0.259. The van der Waals surface area contributed by atoms with Crippen LogP contribution < -0.4 is 10.1 Å². The number of fused-ring (bicyclic) bond motifs is 1. The molecule has 2 heterocycles. The fourth-order valence-corrected chi connectivity index (χ4v) is 4.80. The van der Waals surface area contributed by atoms with Gasteiger partial charge in [-0.3, -0.25) is 14.3 Å². The lowest BCUT2D eigenvalue weighted by Crippen LogP contribution is -2.38. The Labute approximate surface area is 207 Å². The van der Waals surface area contributed by atoms with Crippen molar-refractivity contribution in [3.05, 3.63) is 83.1 Å². The second kappa shape index (κ2) is 9.99. The number of halogens is 1. The standard InChI is InChI=1S/C27H27BrN4O2/c1-34-23-12-8-21(9-13-23)29-27(33)19-14-16-31(17-15-19)18-26-30-24-4-2-3-5-25(24)32(26)22-10-6-20(28)7-11-22/h2-13,19H,14-18H2,1H3,(H,29,33). The van der Waals surface area contributed by atoms with Crippen LogP contribution in [0, 0.1) is 5.92 Å². The molecule has 0 bridgehead atoms. The Morgan fingerprint density at radius 2 is 1.74 bits per heavy atom. The van der Waals surface area contributed by atoms with Crippen molar-refractivity contribution in [2.75, 3.05) is 25.5 Å². The molecule has 7 heteroatoms. The monoisotopic (exact) mass is 518 g/mol. The molecule has 0 unspecified atom stereocenters. The topological polar surface area (TPSA) is 59.4 Å². The lowest BCUT2D eigenvalue weighted by atomic mass is 9.96. The van der Waals surface area contributed by atoms with Gasteiger partial charge in [0.1, 0.15) is 11.6 Å². The quantitative estimate of drug-likeness (QED) is 0.358. The van der Waals surface area contributed by atoms with Gasteiger partial charge in [0.2, 0.25) is 5.91 Å². The summed E-state index contributed by atoms with van der Waals surface area (Å²) in [5.41, 5.74) is 4.00. The molecule has 4 aromatic rings. The van der Waals surface area contributed by atoms with E-state index in [9.17, 15) is 4.79 Å². The van der Waals surface area contributed by atoms with Gasteiger partial charge in [0.05, 0.1) is 24.7 Å². The highest BCUT2D eigenvalue weighted by molar-refractivity contribution is 9.10. The first-order valence-corrected chi connectivity index (χ1v) is 12.3. The molecule has 0 saturated carbocycles. The van der Waals surface area contributed by atoms with Gasteiger partial charge in [-0.05, 0) is 86.6 Å². The number of piperidine rings is 1. The van der Waals surface area contributed by atoms with Crippen molar-refractivity contribution in [3.63, 3.8) is 0 Å². The van der Waals surface area contributed by atoms with E-state index in [1.165, 1.54) is 0 Å². The number of likely N-dealkylation sites (tertiary alicyclic amines) is 1. The van der Waals surface area contributed by atoms with Crippen molar-refractivity contribution in [2.24, 2.45) is 5.92 Å². The number of para-hydroxylation sites is 2. The highest BCUT2D eigenvalue weighted by Gasteiger charge is 2.26. The van der Waals surface area contributed by atoms with Gasteiger partial charge in [-0.1, -0.05) is 28.1 Å². The van der Waals surface area contributed by atoms with Gasteiger partial charge >= 0.3 is 0 Å². The van der Waals surface area contributed by atoms with Crippen molar-refractivity contribution in [1.29, 1.82) is 0 Å². The normalized spacial score (nSPS) is 14.9. The van der Waals surface area contributed by atoms with Gasteiger partial charge in [0, 0.05) is 21.8 Å². The average molecular weight is 519 g/mol. The number of amides is 1. The Hall–Kier alpha value is -3.16. The lowest BCUT2D eigenvalue weighted by Gasteiger charge is -2.31. The third-order valence-corrected chi connectivity index (χ3v) is 6.92. The fourth-order valence-electron chi connectivity index (χ4n) is 4.53. The summed E-state index contributed by atoms with van der Waals surface area (Å²) >= 11 is 3.53. The second-order valence-corrected chi connectivity index (χ2v) is 9.51. The Morgan fingerprint density at radius 3 is 2.44 bits per heavy atom. The zero-order valence-electron chi connectivity index (χ0n) is 19.1. The molecule has 6 nitrogen and oxygen atoms in total. The zero-order chi connectivity index (χ0) is 23.5. The zero-order valence-corrected chi connectivity index (χ0v) is 20.7. The smallest absolute Gasteiger partial charge is 0.227 e. The van der Waals surface area contributed by atoms with Gasteiger partial charge < -0.3 is 10.1 Å². The predicted octanol–water partition coefficient (Wildman–Crippen LogP) is 5.65. The molecule has 0 atom stereocenters. The van der Waals surface area contributed by atoms with Gasteiger partial charge in [0.25, 0.3) is 0 Å². The Kier molecular flexibility index (Phi) is 6.65. The third-order valence-electron chi connectivity index (χ3n) is 6.40. The molecule has 1 N–H and O–H groups in total. The van der Waals surface area contributed by atoms with Crippen LogP contribution in [0.4, 0.5) is 5.69 Å². The summed E-state index contributed by atoms with van der Waals surface area (Å²) in [4.78, 5) is 20.1. The molecule has 1 aromatic heterocycles. The SMILES string of the molecule is COc1ccc(NC(=O)C2CCN(Cc3nc4ccccc4n3-c3ccc(Br)cc3)CC2)cc1. The first kappa shape index (κ1) is 22.6. The maximum atomic E-state index is 12.8. The third kappa shape index (κ3) is 4.86. The van der Waals surface area contributed by atoms with Gasteiger partial charge in [0.15, 0.2) is 0 Å². The largest absolute Gasteiger partial charge is 0.497 e. The minimum Gasteiger partial charge on any atom is -0.497 e. The van der Waals surface area contributed by atoms with E-state index in [4.69, 9.17) is 9.72 Å². The molecule has 174 valence electrons. The molecule has 34 heavy (non-hydrogen) atoms. The molecule has 1 fully saturated rings. The summed E-state index contributed by atoms with van der Waals surface area (Å²) in [6.45, 7) is 2.48. The van der Waals surface area contributed by atoms with Crippen LogP contribution in [0.5, 0.6) is 5.75 Å². The molecule has 0 spiro atoms. The van der Waals surface area contributed by atoms with Crippen LogP contribution in [0.15, 0.2) is 77.3 Å². The number of nitrogens with zero attached hydrogens (tertiary/aromatic N) is 3. The molecular formula is C27H27BrN4O2. The summed E-state index contributed by atoms with van der Waals surface area (Å²) in [5.74, 6) is 1.90. The molecule has 1 aliphatic heterocycles. The van der Waals surface area contributed by atoms with Crippen LogP contribution >= 0.6 is 15.9 Å². The highest BCUT2D eigenvalue weighted by Crippen LogP contribution is 2.26. The van der Waals surface area contributed by atoms with E-state index in [-0.39, 0.29) is 11.8 Å². The van der Waals surface area contributed by atoms with E-state index < -0.39 is 0 Å². The highest BCUT2D eigenvalue weighted by atomic mass is 79.9.